The van der Waals surface area contributed by atoms with Crippen molar-refractivity contribution in [3.05, 3.63) is 40.7 Å². The second kappa shape index (κ2) is 7.38. The molecule has 1 fully saturated rings. The Labute approximate surface area is 145 Å². The van der Waals surface area contributed by atoms with Gasteiger partial charge in [-0.3, -0.25) is 9.59 Å². The highest BCUT2D eigenvalue weighted by atomic mass is 16.5. The maximum Gasteiger partial charge on any atom is 0.267 e. The number of aromatic nitrogens is 2. The van der Waals surface area contributed by atoms with Gasteiger partial charge in [0, 0.05) is 30.8 Å². The lowest BCUT2D eigenvalue weighted by Crippen LogP contribution is -2.35. The Bertz CT molecular complexity index is 825. The average molecular weight is 343 g/mol. The number of carbonyl (C=O) groups is 1. The molecule has 25 heavy (non-hydrogen) atoms. The van der Waals surface area contributed by atoms with E-state index in [0.29, 0.717) is 17.2 Å². The number of hydrogen-bond acceptors (Lipinski definition) is 5. The van der Waals surface area contributed by atoms with Crippen LogP contribution in [0.2, 0.25) is 0 Å². The van der Waals surface area contributed by atoms with Gasteiger partial charge < -0.3 is 14.4 Å². The van der Waals surface area contributed by atoms with E-state index in [9.17, 15) is 9.59 Å². The van der Waals surface area contributed by atoms with E-state index in [0.717, 1.165) is 31.5 Å². The minimum Gasteiger partial charge on any atom is -0.497 e. The summed E-state index contributed by atoms with van der Waals surface area (Å²) in [5.41, 5.74) is 0.989. The number of amides is 1. The van der Waals surface area contributed by atoms with Gasteiger partial charge in [0.25, 0.3) is 5.56 Å². The third kappa shape index (κ3) is 3.65. The van der Waals surface area contributed by atoms with Gasteiger partial charge in [-0.05, 0) is 31.0 Å². The largest absolute Gasteiger partial charge is 0.497 e. The van der Waals surface area contributed by atoms with Crippen LogP contribution in [-0.4, -0.2) is 47.9 Å². The van der Waals surface area contributed by atoms with E-state index in [1.807, 2.05) is 6.07 Å². The molecule has 7 nitrogen and oxygen atoms in total. The number of ether oxygens (including phenoxy) is 2. The van der Waals surface area contributed by atoms with E-state index >= 15 is 0 Å². The van der Waals surface area contributed by atoms with Crippen LogP contribution in [0.4, 0.5) is 0 Å². The van der Waals surface area contributed by atoms with Crippen molar-refractivity contribution in [1.82, 2.24) is 14.7 Å². The van der Waals surface area contributed by atoms with Crippen LogP contribution in [-0.2, 0) is 11.3 Å². The molecule has 2 aromatic rings. The number of nitrogens with zero attached hydrogens (tertiary/aromatic N) is 3. The molecular weight excluding hydrogens is 322 g/mol. The zero-order chi connectivity index (χ0) is 17.8. The number of likely N-dealkylation sites (tertiary alicyclic amines) is 1. The molecule has 0 saturated carbocycles. The number of rotatable bonds is 5. The highest BCUT2D eigenvalue weighted by Crippen LogP contribution is 2.31. The molecule has 0 aliphatic carbocycles. The molecule has 0 bridgehead atoms. The van der Waals surface area contributed by atoms with Crippen molar-refractivity contribution < 1.29 is 14.3 Å². The van der Waals surface area contributed by atoms with E-state index in [-0.39, 0.29) is 18.0 Å². The van der Waals surface area contributed by atoms with Gasteiger partial charge in [-0.1, -0.05) is 0 Å². The molecule has 132 valence electrons. The minimum absolute atomic E-state index is 0.0505. The van der Waals surface area contributed by atoms with Gasteiger partial charge in [-0.15, -0.1) is 0 Å². The van der Waals surface area contributed by atoms with Gasteiger partial charge >= 0.3 is 0 Å². The van der Waals surface area contributed by atoms with Crippen LogP contribution in [0, 0.1) is 0 Å². The first-order valence-electron chi connectivity index (χ1n) is 8.20. The van der Waals surface area contributed by atoms with Crippen LogP contribution in [0.25, 0.3) is 11.3 Å². The van der Waals surface area contributed by atoms with Gasteiger partial charge in [0.2, 0.25) is 5.91 Å². The fourth-order valence-corrected chi connectivity index (χ4v) is 2.91. The molecule has 2 heterocycles. The van der Waals surface area contributed by atoms with Gasteiger partial charge in [-0.2, -0.15) is 5.10 Å². The number of carbonyl (C=O) groups excluding carboxylic acids is 1. The summed E-state index contributed by atoms with van der Waals surface area (Å²) < 4.78 is 11.8. The van der Waals surface area contributed by atoms with Crippen molar-refractivity contribution in [3.8, 4) is 22.8 Å². The number of hydrogen-bond donors (Lipinski definition) is 0. The summed E-state index contributed by atoms with van der Waals surface area (Å²) in [6.45, 7) is 1.45. The summed E-state index contributed by atoms with van der Waals surface area (Å²) in [4.78, 5) is 26.2. The topological polar surface area (TPSA) is 73.7 Å². The molecular formula is C18H21N3O4. The fraction of sp³-hybridized carbons (Fsp3) is 0.389. The van der Waals surface area contributed by atoms with Crippen molar-refractivity contribution in [2.24, 2.45) is 0 Å². The Hall–Kier alpha value is -2.83. The van der Waals surface area contributed by atoms with E-state index in [2.05, 4.69) is 5.10 Å². The third-order valence-corrected chi connectivity index (χ3v) is 4.30. The Kier molecular flexibility index (Phi) is 5.02. The smallest absolute Gasteiger partial charge is 0.267 e. The van der Waals surface area contributed by atoms with E-state index < -0.39 is 0 Å². The zero-order valence-corrected chi connectivity index (χ0v) is 14.4. The molecule has 0 spiro atoms. The quantitative estimate of drug-likeness (QED) is 0.823. The maximum atomic E-state index is 12.3. The van der Waals surface area contributed by atoms with Gasteiger partial charge in [-0.25, -0.2) is 4.68 Å². The molecule has 0 N–H and O–H groups in total. The van der Waals surface area contributed by atoms with Crippen LogP contribution in [0.3, 0.4) is 0 Å². The summed E-state index contributed by atoms with van der Waals surface area (Å²) in [5, 5.41) is 4.35. The molecule has 1 amide bonds. The SMILES string of the molecule is COc1ccc(-c2ccc(=O)n(CC(=O)N3CCCC3)n2)c(OC)c1. The first kappa shape index (κ1) is 17.0. The monoisotopic (exact) mass is 343 g/mol. The van der Waals surface area contributed by atoms with E-state index in [1.165, 1.54) is 10.7 Å². The Balaban J connectivity index is 1.91. The van der Waals surface area contributed by atoms with Crippen molar-refractivity contribution >= 4 is 5.91 Å². The molecule has 3 rings (SSSR count). The second-order valence-corrected chi connectivity index (χ2v) is 5.87. The van der Waals surface area contributed by atoms with Crippen LogP contribution < -0.4 is 15.0 Å². The van der Waals surface area contributed by atoms with E-state index in [1.54, 1.807) is 37.3 Å². The first-order chi connectivity index (χ1) is 12.1. The maximum absolute atomic E-state index is 12.3. The van der Waals surface area contributed by atoms with E-state index in [4.69, 9.17) is 9.47 Å². The molecule has 1 saturated heterocycles. The van der Waals surface area contributed by atoms with Crippen molar-refractivity contribution in [3.63, 3.8) is 0 Å². The highest BCUT2D eigenvalue weighted by molar-refractivity contribution is 5.76. The van der Waals surface area contributed by atoms with Gasteiger partial charge in [0.1, 0.15) is 18.0 Å². The molecule has 0 radical (unpaired) electrons. The van der Waals surface area contributed by atoms with Crippen molar-refractivity contribution in [2.45, 2.75) is 19.4 Å². The highest BCUT2D eigenvalue weighted by Gasteiger charge is 2.19. The first-order valence-corrected chi connectivity index (χ1v) is 8.20. The normalized spacial score (nSPS) is 13.8. The molecule has 1 aromatic carbocycles. The lowest BCUT2D eigenvalue weighted by atomic mass is 10.1. The number of methoxy groups -OCH3 is 2. The summed E-state index contributed by atoms with van der Waals surface area (Å²) in [7, 11) is 3.14. The lowest BCUT2D eigenvalue weighted by molar-refractivity contribution is -0.131. The fourth-order valence-electron chi connectivity index (χ4n) is 2.91. The molecule has 0 unspecified atom stereocenters. The predicted octanol–water partition coefficient (Wildman–Crippen LogP) is 1.55. The zero-order valence-electron chi connectivity index (χ0n) is 14.4. The van der Waals surface area contributed by atoms with Gasteiger partial charge in [0.15, 0.2) is 0 Å². The lowest BCUT2D eigenvalue weighted by Gasteiger charge is -2.16. The third-order valence-electron chi connectivity index (χ3n) is 4.30. The molecule has 7 heteroatoms. The van der Waals surface area contributed by atoms with Gasteiger partial charge in [0.05, 0.1) is 19.9 Å². The summed E-state index contributed by atoms with van der Waals surface area (Å²) in [6.07, 6.45) is 2.02. The van der Waals surface area contributed by atoms with Crippen LogP contribution >= 0.6 is 0 Å². The molecule has 1 aliphatic heterocycles. The summed E-state index contributed by atoms with van der Waals surface area (Å²) >= 11 is 0. The molecule has 0 atom stereocenters. The van der Waals surface area contributed by atoms with Crippen LogP contribution in [0.15, 0.2) is 35.1 Å². The standard InChI is InChI=1S/C18H21N3O4/c1-24-13-5-6-14(16(11-13)25-2)15-7-8-17(22)21(19-15)12-18(23)20-9-3-4-10-20/h5-8,11H,3-4,9-10,12H2,1-2H3. The Morgan fingerprint density at radius 1 is 1.12 bits per heavy atom. The second-order valence-electron chi connectivity index (χ2n) is 5.87. The Morgan fingerprint density at radius 3 is 2.56 bits per heavy atom. The number of benzene rings is 1. The Morgan fingerprint density at radius 2 is 1.88 bits per heavy atom. The van der Waals surface area contributed by atoms with Crippen molar-refractivity contribution in [1.29, 1.82) is 0 Å². The minimum atomic E-state index is -0.302. The van der Waals surface area contributed by atoms with Crippen LogP contribution in [0.1, 0.15) is 12.8 Å². The molecule has 1 aliphatic rings. The summed E-state index contributed by atoms with van der Waals surface area (Å²) in [6, 6.07) is 8.41. The predicted molar refractivity (Wildman–Crippen MR) is 92.9 cm³/mol. The van der Waals surface area contributed by atoms with Crippen molar-refractivity contribution in [2.75, 3.05) is 27.3 Å². The summed E-state index contributed by atoms with van der Waals surface area (Å²) in [5.74, 6) is 1.17. The average Bonchev–Trinajstić information content (AvgIpc) is 3.18. The molecule has 1 aromatic heterocycles. The van der Waals surface area contributed by atoms with Crippen LogP contribution in [0.5, 0.6) is 11.5 Å².